The van der Waals surface area contributed by atoms with Crippen molar-refractivity contribution >= 4 is 34.2 Å². The van der Waals surface area contributed by atoms with Crippen molar-refractivity contribution in [2.24, 2.45) is 0 Å². The van der Waals surface area contributed by atoms with Gasteiger partial charge >= 0.3 is 0 Å². The minimum absolute atomic E-state index is 0.202. The van der Waals surface area contributed by atoms with E-state index in [9.17, 15) is 0 Å². The number of nitrogens with zero attached hydrogens (tertiary/aromatic N) is 3. The first kappa shape index (κ1) is 12.2. The number of nitriles is 1. The molecule has 0 aliphatic carbocycles. The van der Waals surface area contributed by atoms with Gasteiger partial charge in [0.05, 0.1) is 27.1 Å². The molecule has 1 aromatic heterocycles. The molecule has 0 bridgehead atoms. The van der Waals surface area contributed by atoms with Gasteiger partial charge in [-0.05, 0) is 12.1 Å². The smallest absolute Gasteiger partial charge is 0.136 e. The van der Waals surface area contributed by atoms with E-state index in [2.05, 4.69) is 11.1 Å². The van der Waals surface area contributed by atoms with Gasteiger partial charge in [0.25, 0.3) is 0 Å². The Labute approximate surface area is 108 Å². The summed E-state index contributed by atoms with van der Waals surface area (Å²) in [7, 11) is 1.58. The first-order valence-electron chi connectivity index (χ1n) is 4.87. The second-order valence-corrected chi connectivity index (χ2v) is 4.27. The second-order valence-electron chi connectivity index (χ2n) is 3.46. The maximum Gasteiger partial charge on any atom is 0.136 e. The summed E-state index contributed by atoms with van der Waals surface area (Å²) in [5.41, 5.74) is 1.50. The van der Waals surface area contributed by atoms with Crippen LogP contribution in [0.4, 0.5) is 0 Å². The first-order chi connectivity index (χ1) is 8.17. The summed E-state index contributed by atoms with van der Waals surface area (Å²) in [5.74, 6) is 0.683. The average Bonchev–Trinajstić information content (AvgIpc) is 2.59. The molecule has 0 radical (unpaired) electrons. The lowest BCUT2D eigenvalue weighted by Crippen LogP contribution is -2.03. The monoisotopic (exact) mass is 269 g/mol. The van der Waals surface area contributed by atoms with Gasteiger partial charge in [-0.1, -0.05) is 23.2 Å². The van der Waals surface area contributed by atoms with E-state index in [4.69, 9.17) is 33.2 Å². The topological polar surface area (TPSA) is 50.8 Å². The Balaban J connectivity index is 2.67. The van der Waals surface area contributed by atoms with Gasteiger partial charge in [0, 0.05) is 7.11 Å². The van der Waals surface area contributed by atoms with Gasteiger partial charge in [-0.25, -0.2) is 4.98 Å². The first-order valence-corrected chi connectivity index (χ1v) is 5.63. The highest BCUT2D eigenvalue weighted by Gasteiger charge is 2.12. The van der Waals surface area contributed by atoms with Gasteiger partial charge in [0.1, 0.15) is 19.0 Å². The van der Waals surface area contributed by atoms with Crippen LogP contribution in [0.15, 0.2) is 12.1 Å². The lowest BCUT2D eigenvalue weighted by molar-refractivity contribution is 0.175. The van der Waals surface area contributed by atoms with Crippen LogP contribution in [0.25, 0.3) is 11.0 Å². The lowest BCUT2D eigenvalue weighted by Gasteiger charge is -2.03. The maximum atomic E-state index is 8.82. The molecular formula is C11H9Cl2N3O. The van der Waals surface area contributed by atoms with Gasteiger partial charge in [-0.15, -0.1) is 0 Å². The molecule has 88 valence electrons. The van der Waals surface area contributed by atoms with Crippen molar-refractivity contribution in [2.75, 3.05) is 7.11 Å². The highest BCUT2D eigenvalue weighted by Crippen LogP contribution is 2.28. The van der Waals surface area contributed by atoms with Gasteiger partial charge in [0.15, 0.2) is 0 Å². The van der Waals surface area contributed by atoms with Gasteiger partial charge in [0.2, 0.25) is 0 Å². The Morgan fingerprint density at radius 3 is 2.76 bits per heavy atom. The summed E-state index contributed by atoms with van der Waals surface area (Å²) in [5, 5.41) is 9.71. The molecule has 0 atom stereocenters. The Morgan fingerprint density at radius 1 is 1.41 bits per heavy atom. The normalized spacial score (nSPS) is 10.7. The van der Waals surface area contributed by atoms with Crippen LogP contribution in [0, 0.1) is 11.3 Å². The molecule has 0 aliphatic heterocycles. The summed E-state index contributed by atoms with van der Waals surface area (Å²) in [6.45, 7) is 0.540. The lowest BCUT2D eigenvalue weighted by atomic mass is 10.3. The molecule has 2 rings (SSSR count). The number of halogens is 2. The number of benzene rings is 1. The quantitative estimate of drug-likeness (QED) is 0.861. The number of ether oxygens (including phenoxy) is 1. The van der Waals surface area contributed by atoms with Crippen molar-refractivity contribution in [2.45, 2.75) is 13.2 Å². The molecule has 0 saturated carbocycles. The summed E-state index contributed by atoms with van der Waals surface area (Å²) < 4.78 is 6.81. The minimum atomic E-state index is 0.202. The van der Waals surface area contributed by atoms with Crippen molar-refractivity contribution in [1.82, 2.24) is 9.55 Å². The molecule has 0 amide bonds. The molecule has 4 nitrogen and oxygen atoms in total. The van der Waals surface area contributed by atoms with E-state index in [1.165, 1.54) is 0 Å². The molecule has 0 fully saturated rings. The zero-order chi connectivity index (χ0) is 12.4. The largest absolute Gasteiger partial charge is 0.377 e. The number of aromatic nitrogens is 2. The number of methoxy groups -OCH3 is 1. The predicted molar refractivity (Wildman–Crippen MR) is 66.1 cm³/mol. The standard InChI is InChI=1S/C11H9Cl2N3O/c1-17-6-11-15-9-4-7(12)8(13)5-10(9)16(11)3-2-14/h4-5H,3,6H2,1H3. The third-order valence-corrected chi connectivity index (χ3v) is 3.09. The molecule has 1 heterocycles. The molecule has 0 aliphatic rings. The highest BCUT2D eigenvalue weighted by molar-refractivity contribution is 6.42. The fraction of sp³-hybridized carbons (Fsp3) is 0.273. The second kappa shape index (κ2) is 4.92. The molecule has 0 unspecified atom stereocenters. The molecule has 0 spiro atoms. The van der Waals surface area contributed by atoms with Crippen molar-refractivity contribution < 1.29 is 4.74 Å². The molecular weight excluding hydrogens is 261 g/mol. The van der Waals surface area contributed by atoms with E-state index >= 15 is 0 Å². The van der Waals surface area contributed by atoms with E-state index in [1.807, 2.05) is 0 Å². The van der Waals surface area contributed by atoms with Crippen LogP contribution in [0.2, 0.25) is 10.0 Å². The fourth-order valence-corrected chi connectivity index (χ4v) is 1.97. The maximum absolute atomic E-state index is 8.82. The molecule has 1 aromatic carbocycles. The van der Waals surface area contributed by atoms with E-state index < -0.39 is 0 Å². The van der Waals surface area contributed by atoms with Crippen LogP contribution in [0.3, 0.4) is 0 Å². The predicted octanol–water partition coefficient (Wildman–Crippen LogP) is 3.01. The summed E-state index contributed by atoms with van der Waals surface area (Å²) in [6.07, 6.45) is 0. The molecule has 2 aromatic rings. The van der Waals surface area contributed by atoms with Crippen molar-refractivity contribution in [3.8, 4) is 6.07 Å². The number of fused-ring (bicyclic) bond motifs is 1. The van der Waals surface area contributed by atoms with Gasteiger partial charge in [-0.3, -0.25) is 0 Å². The summed E-state index contributed by atoms with van der Waals surface area (Å²) in [6, 6.07) is 5.48. The SMILES string of the molecule is COCc1nc2cc(Cl)c(Cl)cc2n1CC#N. The molecule has 0 N–H and O–H groups in total. The molecule has 6 heteroatoms. The molecule has 17 heavy (non-hydrogen) atoms. The van der Waals surface area contributed by atoms with E-state index in [0.717, 1.165) is 5.52 Å². The molecule has 0 saturated heterocycles. The van der Waals surface area contributed by atoms with Crippen LogP contribution in [0.5, 0.6) is 0 Å². The third-order valence-electron chi connectivity index (χ3n) is 2.37. The highest BCUT2D eigenvalue weighted by atomic mass is 35.5. The summed E-state index contributed by atoms with van der Waals surface area (Å²) >= 11 is 11.9. The van der Waals surface area contributed by atoms with Crippen LogP contribution in [-0.4, -0.2) is 16.7 Å². The third kappa shape index (κ3) is 2.22. The minimum Gasteiger partial charge on any atom is -0.377 e. The number of imidazole rings is 1. The van der Waals surface area contributed by atoms with Crippen molar-refractivity contribution in [1.29, 1.82) is 5.26 Å². The summed E-state index contributed by atoms with van der Waals surface area (Å²) in [4.78, 5) is 4.37. The zero-order valence-electron chi connectivity index (χ0n) is 9.07. The van der Waals surface area contributed by atoms with E-state index in [0.29, 0.717) is 28.0 Å². The Hall–Kier alpha value is -1.28. The Bertz CT molecular complexity index is 601. The average molecular weight is 270 g/mol. The fourth-order valence-electron chi connectivity index (χ4n) is 1.66. The zero-order valence-corrected chi connectivity index (χ0v) is 10.6. The van der Waals surface area contributed by atoms with Crippen LogP contribution in [-0.2, 0) is 17.9 Å². The Morgan fingerprint density at radius 2 is 2.12 bits per heavy atom. The number of hydrogen-bond donors (Lipinski definition) is 0. The Kier molecular flexibility index (Phi) is 3.53. The van der Waals surface area contributed by atoms with Crippen LogP contribution in [0.1, 0.15) is 5.82 Å². The van der Waals surface area contributed by atoms with Crippen LogP contribution < -0.4 is 0 Å². The van der Waals surface area contributed by atoms with Crippen LogP contribution >= 0.6 is 23.2 Å². The van der Waals surface area contributed by atoms with Crippen molar-refractivity contribution in [3.63, 3.8) is 0 Å². The van der Waals surface area contributed by atoms with Gasteiger partial charge in [-0.2, -0.15) is 5.26 Å². The number of hydrogen-bond acceptors (Lipinski definition) is 3. The van der Waals surface area contributed by atoms with Gasteiger partial charge < -0.3 is 9.30 Å². The van der Waals surface area contributed by atoms with Crippen molar-refractivity contribution in [3.05, 3.63) is 28.0 Å². The number of rotatable bonds is 3. The van der Waals surface area contributed by atoms with E-state index in [1.54, 1.807) is 23.8 Å². The van der Waals surface area contributed by atoms with E-state index in [-0.39, 0.29) is 6.54 Å².